The number of para-hydroxylation sites is 1. The zero-order valence-electron chi connectivity index (χ0n) is 47.8. The van der Waals surface area contributed by atoms with E-state index in [1.54, 1.807) is 12.1 Å². The molecule has 3 aromatic carbocycles. The molecule has 0 fully saturated rings. The number of aryl methyl sites for hydroxylation is 3. The predicted molar refractivity (Wildman–Crippen MR) is 316 cm³/mol. The molecule has 14 heteroatoms. The number of thiophene rings is 1. The molecule has 2 aromatic heterocycles. The second kappa shape index (κ2) is 41.5. The second-order valence-electron chi connectivity index (χ2n) is 17.6. The van der Waals surface area contributed by atoms with Gasteiger partial charge in [-0.05, 0) is 126 Å². The third-order valence-electron chi connectivity index (χ3n) is 11.7. The van der Waals surface area contributed by atoms with Crippen LogP contribution in [0.3, 0.4) is 0 Å². The molecule has 410 valence electrons. The van der Waals surface area contributed by atoms with Crippen LogP contribution in [-0.4, -0.2) is 98.3 Å². The summed E-state index contributed by atoms with van der Waals surface area (Å²) in [4.78, 5) is 47.0. The summed E-state index contributed by atoms with van der Waals surface area (Å²) in [5, 5.41) is 22.4. The Morgan fingerprint density at radius 3 is 2.04 bits per heavy atom. The molecule has 5 rings (SSSR count). The van der Waals surface area contributed by atoms with Gasteiger partial charge in [0.2, 0.25) is 0 Å². The average molecular weight is 1040 g/mol. The Labute approximate surface area is 449 Å². The molecule has 0 spiro atoms. The maximum atomic E-state index is 11.0. The number of fused-ring (bicyclic) bond motifs is 1. The van der Waals surface area contributed by atoms with E-state index >= 15 is 0 Å². The Bertz CT molecular complexity index is 2350. The smallest absolute Gasteiger partial charge is 0.337 e. The number of nitrogens with one attached hydrogen (secondary N) is 3. The maximum absolute atomic E-state index is 11.0. The summed E-state index contributed by atoms with van der Waals surface area (Å²) in [7, 11) is 3.89. The molecule has 0 radical (unpaired) electrons. The van der Waals surface area contributed by atoms with Crippen LogP contribution < -0.4 is 15.4 Å². The fourth-order valence-electron chi connectivity index (χ4n) is 6.87. The van der Waals surface area contributed by atoms with Gasteiger partial charge in [-0.2, -0.15) is 10.2 Å². The number of imidazole rings is 1. The highest BCUT2D eigenvalue weighted by Gasteiger charge is 2.19. The van der Waals surface area contributed by atoms with Crippen LogP contribution in [0.1, 0.15) is 175 Å². The fraction of sp³-hybridized carbons (Fsp3) is 0.517. The lowest BCUT2D eigenvalue weighted by Gasteiger charge is -2.15. The number of rotatable bonds is 25. The summed E-state index contributed by atoms with van der Waals surface area (Å²) in [6.45, 7) is 34.1. The van der Waals surface area contributed by atoms with E-state index in [4.69, 9.17) is 19.6 Å². The molecular formula is C60H93N7O6S. The number of carboxylic acids is 1. The van der Waals surface area contributed by atoms with Gasteiger partial charge < -0.3 is 39.8 Å². The largest absolute Gasteiger partial charge is 0.491 e. The van der Waals surface area contributed by atoms with Crippen molar-refractivity contribution in [3.63, 3.8) is 0 Å². The number of unbranched alkanes of at least 4 members (excludes halogenated alkanes) is 2. The van der Waals surface area contributed by atoms with Crippen molar-refractivity contribution >= 4 is 64.7 Å². The Hall–Kier alpha value is -5.83. The minimum atomic E-state index is -1.00. The number of carbonyl (C=O) groups excluding carboxylic acids is 2. The predicted octanol–water partition coefficient (Wildman–Crippen LogP) is 14.5. The first-order chi connectivity index (χ1) is 35.6. The molecule has 4 N–H and O–H groups in total. The van der Waals surface area contributed by atoms with Crippen LogP contribution >= 0.6 is 11.3 Å². The number of H-pyrrole nitrogens is 1. The highest BCUT2D eigenvalue weighted by atomic mass is 32.1. The second-order valence-corrected chi connectivity index (χ2v) is 19.0. The van der Waals surface area contributed by atoms with Crippen molar-refractivity contribution in [3.05, 3.63) is 110 Å². The van der Waals surface area contributed by atoms with Crippen molar-refractivity contribution in [1.29, 1.82) is 0 Å². The number of aldehydes is 2. The topological polar surface area (TPSA) is 180 Å². The summed E-state index contributed by atoms with van der Waals surface area (Å²) >= 11 is 1.82. The Morgan fingerprint density at radius 2 is 1.54 bits per heavy atom. The number of aromatic nitrogens is 2. The van der Waals surface area contributed by atoms with Gasteiger partial charge in [0.15, 0.2) is 0 Å². The molecule has 1 unspecified atom stereocenters. The highest BCUT2D eigenvalue weighted by molar-refractivity contribution is 7.12. The first-order valence-corrected chi connectivity index (χ1v) is 27.4. The van der Waals surface area contributed by atoms with E-state index < -0.39 is 5.97 Å². The average Bonchev–Trinajstić information content (AvgIpc) is 3.95. The summed E-state index contributed by atoms with van der Waals surface area (Å²) < 4.78 is 10.8. The van der Waals surface area contributed by atoms with Gasteiger partial charge in [-0.1, -0.05) is 105 Å². The highest BCUT2D eigenvalue weighted by Crippen LogP contribution is 2.30. The standard InChI is InChI=1S/C22H29NOS.C12H19NO2.C11H10N2O3.C7H14N2.C6H15N.C2H6/c1-7-20(12-13-24)23-22(21-15(4)16(5)25-17(21)6)19-10-8-18(9-11-19)14(2)3;1-3-8-14-9-10-15-12-6-4-11(13-2)5-7-12;14-6-2-5-9-12-8-4-1-3-7(11(15)16)10(8)13-9;1-5-6(2)7(3)9-8-4;1-3-4-5-6-7-2;1-2/h8-11,13-14,20H,7,12H2,1-6H3;4-7,13H,3,8-10H2,1-2H3;1,3-4,6H,2,5H2,(H,12,13)(H,15,16);6H,4-5H2,1-3H3;7H,3-6H2,1-2H3;1-2H3/b;;;9-7-;;/t20-;;;;;/m1...../s1. The van der Waals surface area contributed by atoms with Crippen molar-refractivity contribution < 1.29 is 29.0 Å². The number of ether oxygens (including phenoxy) is 2. The van der Waals surface area contributed by atoms with Crippen LogP contribution in [0.25, 0.3) is 11.0 Å². The van der Waals surface area contributed by atoms with Crippen molar-refractivity contribution in [3.8, 4) is 5.75 Å². The van der Waals surface area contributed by atoms with Crippen LogP contribution in [0, 0.1) is 26.7 Å². The van der Waals surface area contributed by atoms with Crippen molar-refractivity contribution in [1.82, 2.24) is 15.3 Å². The van der Waals surface area contributed by atoms with Crippen molar-refractivity contribution in [2.45, 2.75) is 160 Å². The molecule has 0 aliphatic rings. The number of aromatic amines is 1. The first-order valence-electron chi connectivity index (χ1n) is 26.6. The van der Waals surface area contributed by atoms with Crippen LogP contribution in [0.2, 0.25) is 0 Å². The fourth-order valence-corrected chi connectivity index (χ4v) is 7.93. The summed E-state index contributed by atoms with van der Waals surface area (Å²) in [6, 6.07) is 21.6. The van der Waals surface area contributed by atoms with Gasteiger partial charge in [-0.25, -0.2) is 9.78 Å². The number of hydrogen-bond donors (Lipinski definition) is 4. The number of aromatic carboxylic acids is 1. The van der Waals surface area contributed by atoms with E-state index in [0.29, 0.717) is 61.2 Å². The van der Waals surface area contributed by atoms with E-state index in [1.165, 1.54) is 58.3 Å². The summed E-state index contributed by atoms with van der Waals surface area (Å²) in [6.07, 6.45) is 10.2. The molecule has 0 saturated heterocycles. The monoisotopic (exact) mass is 1040 g/mol. The molecule has 0 aliphatic heterocycles. The molecule has 0 saturated carbocycles. The Kier molecular flexibility index (Phi) is 38.2. The van der Waals surface area contributed by atoms with Crippen molar-refractivity contribution in [2.75, 3.05) is 45.8 Å². The van der Waals surface area contributed by atoms with Crippen LogP contribution in [0.4, 0.5) is 5.69 Å². The molecule has 2 atom stereocenters. The summed E-state index contributed by atoms with van der Waals surface area (Å²) in [5.41, 5.74) is 9.48. The van der Waals surface area contributed by atoms with Gasteiger partial charge in [0.05, 0.1) is 29.4 Å². The zero-order chi connectivity index (χ0) is 55.8. The number of carbonyl (C=O) groups is 3. The number of hydrogen-bond acceptors (Lipinski definition) is 12. The van der Waals surface area contributed by atoms with Gasteiger partial charge in [0.25, 0.3) is 0 Å². The molecule has 5 aromatic rings. The van der Waals surface area contributed by atoms with Gasteiger partial charge in [0, 0.05) is 71.9 Å². The Morgan fingerprint density at radius 1 is 0.865 bits per heavy atom. The molecule has 13 nitrogen and oxygen atoms in total. The minimum Gasteiger partial charge on any atom is -0.491 e. The van der Waals surface area contributed by atoms with E-state index in [1.807, 2.05) is 70.5 Å². The lowest BCUT2D eigenvalue weighted by atomic mass is 9.95. The molecule has 74 heavy (non-hydrogen) atoms. The van der Waals surface area contributed by atoms with Gasteiger partial charge in [-0.15, -0.1) is 11.3 Å². The molecule has 2 heterocycles. The Balaban J connectivity index is 0.000000952. The van der Waals surface area contributed by atoms with Crippen LogP contribution in [0.5, 0.6) is 5.75 Å². The lowest BCUT2D eigenvalue weighted by molar-refractivity contribution is -0.108. The molecule has 0 aliphatic carbocycles. The molecular weight excluding hydrogens is 947 g/mol. The summed E-state index contributed by atoms with van der Waals surface area (Å²) in [5.74, 6) is 1.57. The van der Waals surface area contributed by atoms with E-state index in [0.717, 1.165) is 66.9 Å². The van der Waals surface area contributed by atoms with Crippen LogP contribution in [-0.2, 0) is 20.7 Å². The van der Waals surface area contributed by atoms with E-state index in [2.05, 4.69) is 131 Å². The van der Waals surface area contributed by atoms with Gasteiger partial charge in [-0.3, -0.25) is 4.99 Å². The number of aliphatic imine (C=N–C) groups is 1. The minimum absolute atomic E-state index is 0.0382. The number of nitrogens with zero attached hydrogens (tertiary/aromatic N) is 4. The molecule has 0 amide bonds. The number of anilines is 1. The van der Waals surface area contributed by atoms with Crippen molar-refractivity contribution in [2.24, 2.45) is 21.1 Å². The third kappa shape index (κ3) is 26.4. The molecule has 0 bridgehead atoms. The third-order valence-corrected chi connectivity index (χ3v) is 12.8. The first kappa shape index (κ1) is 68.2. The van der Waals surface area contributed by atoms with Gasteiger partial charge in [0.1, 0.15) is 36.3 Å². The zero-order valence-corrected chi connectivity index (χ0v) is 48.6. The maximum Gasteiger partial charge on any atom is 0.337 e. The quantitative estimate of drug-likeness (QED) is 0.0191. The van der Waals surface area contributed by atoms with E-state index in [-0.39, 0.29) is 11.6 Å². The number of benzene rings is 3. The van der Waals surface area contributed by atoms with E-state index in [9.17, 15) is 14.4 Å². The van der Waals surface area contributed by atoms with Crippen LogP contribution in [0.15, 0.2) is 81.9 Å². The number of carboxylic acid groups (broad SMARTS) is 1. The normalized spacial score (nSPS) is 11.6. The SMILES string of the molecule is C=N/N=C(/C)C(C)CC.CC.CCCCCNC.CCCOCCOc1ccc(NC)cc1.CC[C@H](CC=O)N=C(c1ccc(C(C)C)cc1)c1c(C)sc(C)c1C.O=CCCc1nc2c(C(=O)O)cccc2[nH]1. The van der Waals surface area contributed by atoms with Gasteiger partial charge >= 0.3 is 5.97 Å². The lowest BCUT2D eigenvalue weighted by Crippen LogP contribution is -2.13.